The molecular formula is C13H18N4O2. The minimum absolute atomic E-state index is 0.180. The van der Waals surface area contributed by atoms with Gasteiger partial charge in [0.2, 0.25) is 0 Å². The first kappa shape index (κ1) is 13.2. The molecule has 6 heteroatoms. The van der Waals surface area contributed by atoms with Gasteiger partial charge in [0.15, 0.2) is 5.76 Å². The summed E-state index contributed by atoms with van der Waals surface area (Å²) in [5.74, 6) is 1.45. The monoisotopic (exact) mass is 262 g/mol. The molecule has 2 rings (SSSR count). The molecule has 0 atom stereocenters. The van der Waals surface area contributed by atoms with E-state index in [0.29, 0.717) is 18.8 Å². The maximum absolute atomic E-state index is 11.4. The van der Waals surface area contributed by atoms with Gasteiger partial charge < -0.3 is 15.1 Å². The highest BCUT2D eigenvalue weighted by atomic mass is 16.3. The lowest BCUT2D eigenvalue weighted by atomic mass is 10.3. The van der Waals surface area contributed by atoms with Gasteiger partial charge >= 0.3 is 6.03 Å². The Morgan fingerprint density at radius 2 is 2.21 bits per heavy atom. The number of hydrogen-bond acceptors (Lipinski definition) is 3. The maximum atomic E-state index is 11.4. The van der Waals surface area contributed by atoms with Crippen LogP contribution in [0.25, 0.3) is 11.5 Å². The van der Waals surface area contributed by atoms with Crippen LogP contribution in [0.4, 0.5) is 4.79 Å². The minimum Gasteiger partial charge on any atom is -0.458 e. The predicted molar refractivity (Wildman–Crippen MR) is 71.4 cm³/mol. The molecule has 2 amide bonds. The molecular weight excluding hydrogens is 244 g/mol. The number of carbonyl (C=O) groups excluding carboxylic acids is 1. The zero-order chi connectivity index (χ0) is 13.7. The topological polar surface area (TPSA) is 72.1 Å². The van der Waals surface area contributed by atoms with Crippen molar-refractivity contribution in [3.8, 4) is 11.5 Å². The first-order chi connectivity index (χ1) is 9.20. The van der Waals surface area contributed by atoms with Crippen molar-refractivity contribution in [1.82, 2.24) is 20.4 Å². The van der Waals surface area contributed by atoms with Crippen LogP contribution in [0.5, 0.6) is 0 Å². The largest absolute Gasteiger partial charge is 0.458 e. The third-order valence-electron chi connectivity index (χ3n) is 2.69. The van der Waals surface area contributed by atoms with Crippen molar-refractivity contribution in [2.45, 2.75) is 19.9 Å². The van der Waals surface area contributed by atoms with Crippen LogP contribution in [0.2, 0.25) is 0 Å². The summed E-state index contributed by atoms with van der Waals surface area (Å²) in [6, 6.07) is 5.42. The van der Waals surface area contributed by atoms with Crippen LogP contribution in [0.1, 0.15) is 19.1 Å². The molecule has 102 valence electrons. The fourth-order valence-electron chi connectivity index (χ4n) is 1.69. The van der Waals surface area contributed by atoms with E-state index in [4.69, 9.17) is 4.42 Å². The molecule has 6 nitrogen and oxygen atoms in total. The van der Waals surface area contributed by atoms with Crippen molar-refractivity contribution >= 4 is 6.03 Å². The van der Waals surface area contributed by atoms with Crippen molar-refractivity contribution < 1.29 is 9.21 Å². The zero-order valence-corrected chi connectivity index (χ0v) is 11.1. The number of urea groups is 1. The van der Waals surface area contributed by atoms with Gasteiger partial charge in [-0.1, -0.05) is 6.92 Å². The van der Waals surface area contributed by atoms with E-state index in [1.54, 1.807) is 10.9 Å². The molecule has 0 aliphatic heterocycles. The molecule has 2 aromatic rings. The van der Waals surface area contributed by atoms with Crippen LogP contribution < -0.4 is 10.6 Å². The van der Waals surface area contributed by atoms with Gasteiger partial charge in [-0.3, -0.25) is 4.68 Å². The van der Waals surface area contributed by atoms with Crippen molar-refractivity contribution in [3.05, 3.63) is 30.2 Å². The Labute approximate surface area is 111 Å². The second-order valence-electron chi connectivity index (χ2n) is 4.22. The number of nitrogens with zero attached hydrogens (tertiary/aromatic N) is 2. The molecule has 0 bridgehead atoms. The summed E-state index contributed by atoms with van der Waals surface area (Å²) in [5.41, 5.74) is 0.904. The first-order valence-electron chi connectivity index (χ1n) is 6.29. The Morgan fingerprint density at radius 1 is 1.37 bits per heavy atom. The van der Waals surface area contributed by atoms with E-state index in [0.717, 1.165) is 17.9 Å². The fraction of sp³-hybridized carbons (Fsp3) is 0.385. The van der Waals surface area contributed by atoms with Gasteiger partial charge in [0, 0.05) is 19.8 Å². The number of nitrogens with one attached hydrogen (secondary N) is 2. The smallest absolute Gasteiger partial charge is 0.315 e. The lowest BCUT2D eigenvalue weighted by Gasteiger charge is -2.04. The van der Waals surface area contributed by atoms with Crippen LogP contribution in [-0.2, 0) is 13.6 Å². The average molecular weight is 262 g/mol. The quantitative estimate of drug-likeness (QED) is 0.864. The molecule has 0 saturated carbocycles. The highest BCUT2D eigenvalue weighted by molar-refractivity contribution is 5.73. The molecule has 0 aromatic carbocycles. The minimum atomic E-state index is -0.180. The second-order valence-corrected chi connectivity index (χ2v) is 4.22. The summed E-state index contributed by atoms with van der Waals surface area (Å²) in [6.45, 7) is 3.05. The van der Waals surface area contributed by atoms with Crippen LogP contribution in [0.15, 0.2) is 28.8 Å². The van der Waals surface area contributed by atoms with Gasteiger partial charge in [0.25, 0.3) is 0 Å². The van der Waals surface area contributed by atoms with Crippen molar-refractivity contribution in [2.75, 3.05) is 6.54 Å². The summed E-state index contributed by atoms with van der Waals surface area (Å²) >= 11 is 0. The van der Waals surface area contributed by atoms with Gasteiger partial charge in [0.05, 0.1) is 6.54 Å². The summed E-state index contributed by atoms with van der Waals surface area (Å²) in [4.78, 5) is 11.4. The first-order valence-corrected chi connectivity index (χ1v) is 6.29. The molecule has 0 aliphatic carbocycles. The number of amides is 2. The maximum Gasteiger partial charge on any atom is 0.315 e. The van der Waals surface area contributed by atoms with Crippen molar-refractivity contribution in [1.29, 1.82) is 0 Å². The third kappa shape index (κ3) is 3.37. The fourth-order valence-corrected chi connectivity index (χ4v) is 1.69. The Balaban J connectivity index is 1.91. The van der Waals surface area contributed by atoms with E-state index in [-0.39, 0.29) is 6.03 Å². The number of rotatable bonds is 5. The summed E-state index contributed by atoms with van der Waals surface area (Å²) < 4.78 is 7.40. The molecule has 2 aromatic heterocycles. The van der Waals surface area contributed by atoms with Gasteiger partial charge in [-0.15, -0.1) is 0 Å². The number of furan rings is 1. The summed E-state index contributed by atoms with van der Waals surface area (Å²) in [7, 11) is 1.86. The van der Waals surface area contributed by atoms with Gasteiger partial charge in [-0.05, 0) is 24.6 Å². The lowest BCUT2D eigenvalue weighted by molar-refractivity contribution is 0.239. The molecule has 0 aliphatic rings. The van der Waals surface area contributed by atoms with E-state index in [1.165, 1.54) is 0 Å². The van der Waals surface area contributed by atoms with Crippen LogP contribution in [0.3, 0.4) is 0 Å². The predicted octanol–water partition coefficient (Wildman–Crippen LogP) is 1.89. The number of hydrogen-bond donors (Lipinski definition) is 2. The second kappa shape index (κ2) is 6.08. The van der Waals surface area contributed by atoms with E-state index < -0.39 is 0 Å². The van der Waals surface area contributed by atoms with Gasteiger partial charge in [-0.25, -0.2) is 4.79 Å². The molecule has 2 heterocycles. The van der Waals surface area contributed by atoms with Crippen LogP contribution >= 0.6 is 0 Å². The number of carbonyl (C=O) groups is 1. The molecule has 2 N–H and O–H groups in total. The number of aromatic nitrogens is 2. The van der Waals surface area contributed by atoms with E-state index >= 15 is 0 Å². The molecule has 0 radical (unpaired) electrons. The Bertz CT molecular complexity index is 544. The zero-order valence-electron chi connectivity index (χ0n) is 11.1. The standard InChI is InChI=1S/C13H18N4O2/c1-3-7-14-13(18)15-9-10-4-5-12(19-10)11-6-8-16-17(11)2/h4-6,8H,3,7,9H2,1-2H3,(H2,14,15,18). The Hall–Kier alpha value is -2.24. The van der Waals surface area contributed by atoms with E-state index in [1.807, 2.05) is 32.2 Å². The Kier molecular flexibility index (Phi) is 4.22. The lowest BCUT2D eigenvalue weighted by Crippen LogP contribution is -2.35. The summed E-state index contributed by atoms with van der Waals surface area (Å²) in [6.07, 6.45) is 2.63. The SMILES string of the molecule is CCCNC(=O)NCc1ccc(-c2ccnn2C)o1. The van der Waals surface area contributed by atoms with Gasteiger partial charge in [-0.2, -0.15) is 5.10 Å². The van der Waals surface area contributed by atoms with E-state index in [9.17, 15) is 4.79 Å². The summed E-state index contributed by atoms with van der Waals surface area (Å²) in [5, 5.41) is 9.57. The molecule has 0 saturated heterocycles. The average Bonchev–Trinajstić information content (AvgIpc) is 3.02. The highest BCUT2D eigenvalue weighted by Gasteiger charge is 2.08. The van der Waals surface area contributed by atoms with Crippen LogP contribution in [-0.4, -0.2) is 22.4 Å². The molecule has 0 unspecified atom stereocenters. The van der Waals surface area contributed by atoms with E-state index in [2.05, 4.69) is 15.7 Å². The molecule has 19 heavy (non-hydrogen) atoms. The highest BCUT2D eigenvalue weighted by Crippen LogP contribution is 2.20. The van der Waals surface area contributed by atoms with Crippen LogP contribution in [0, 0.1) is 0 Å². The Morgan fingerprint density at radius 3 is 2.89 bits per heavy atom. The van der Waals surface area contributed by atoms with Gasteiger partial charge in [0.1, 0.15) is 11.5 Å². The number of aryl methyl sites for hydroxylation is 1. The third-order valence-corrected chi connectivity index (χ3v) is 2.69. The van der Waals surface area contributed by atoms with Crippen molar-refractivity contribution in [3.63, 3.8) is 0 Å². The molecule has 0 spiro atoms. The van der Waals surface area contributed by atoms with Crippen molar-refractivity contribution in [2.24, 2.45) is 7.05 Å². The molecule has 0 fully saturated rings. The normalized spacial score (nSPS) is 10.4.